The first-order chi connectivity index (χ1) is 10.2. The molecule has 0 saturated carbocycles. The second-order valence-corrected chi connectivity index (χ2v) is 5.25. The number of nitrogens with zero attached hydrogens (tertiary/aromatic N) is 2. The van der Waals surface area contributed by atoms with Crippen LogP contribution in [0.1, 0.15) is 11.1 Å². The van der Waals surface area contributed by atoms with Gasteiger partial charge in [0.05, 0.1) is 5.56 Å². The molecule has 0 aliphatic heterocycles. The summed E-state index contributed by atoms with van der Waals surface area (Å²) in [6.45, 7) is 2.23. The summed E-state index contributed by atoms with van der Waals surface area (Å²) in [4.78, 5) is 6.65. The first kappa shape index (κ1) is 15.4. The Kier molecular flexibility index (Phi) is 5.66. The van der Waals surface area contributed by atoms with E-state index in [0.717, 1.165) is 24.4 Å². The Morgan fingerprint density at radius 3 is 2.81 bits per heavy atom. The average Bonchev–Trinajstić information content (AvgIpc) is 2.48. The molecule has 2 N–H and O–H groups in total. The average molecular weight is 301 g/mol. The maximum absolute atomic E-state index is 5.78. The quantitative estimate of drug-likeness (QED) is 0.795. The Balaban J connectivity index is 1.83. The van der Waals surface area contributed by atoms with Crippen molar-refractivity contribution in [3.63, 3.8) is 0 Å². The Morgan fingerprint density at radius 1 is 1.29 bits per heavy atom. The monoisotopic (exact) mass is 301 g/mol. The molecule has 0 aliphatic rings. The van der Waals surface area contributed by atoms with Crippen LogP contribution in [-0.2, 0) is 6.54 Å². The zero-order chi connectivity index (χ0) is 15.1. The third-order valence-electron chi connectivity index (χ3n) is 3.06. The molecule has 0 fully saturated rings. The number of rotatable bonds is 7. The molecule has 1 heterocycles. The molecule has 0 spiro atoms. The molecule has 110 valence electrons. The van der Waals surface area contributed by atoms with E-state index < -0.39 is 0 Å². The van der Waals surface area contributed by atoms with Gasteiger partial charge in [-0.25, -0.2) is 0 Å². The summed E-state index contributed by atoms with van der Waals surface area (Å²) < 4.78 is 5.78. The van der Waals surface area contributed by atoms with E-state index in [4.69, 9.17) is 22.7 Å². The van der Waals surface area contributed by atoms with Gasteiger partial charge in [0.1, 0.15) is 17.3 Å². The lowest BCUT2D eigenvalue weighted by atomic mass is 10.2. The van der Waals surface area contributed by atoms with E-state index in [1.54, 1.807) is 6.20 Å². The van der Waals surface area contributed by atoms with Crippen LogP contribution >= 0.6 is 12.2 Å². The van der Waals surface area contributed by atoms with Gasteiger partial charge in [-0.15, -0.1) is 0 Å². The SMILES string of the molecule is CN(CCOc1ccccc1C(N)=S)Cc1cccnc1. The highest BCUT2D eigenvalue weighted by Crippen LogP contribution is 2.17. The van der Waals surface area contributed by atoms with Gasteiger partial charge < -0.3 is 10.5 Å². The van der Waals surface area contributed by atoms with E-state index in [1.807, 2.05) is 36.5 Å². The summed E-state index contributed by atoms with van der Waals surface area (Å²) in [5.74, 6) is 0.736. The van der Waals surface area contributed by atoms with Crippen LogP contribution in [0.4, 0.5) is 0 Å². The summed E-state index contributed by atoms with van der Waals surface area (Å²) >= 11 is 5.02. The number of likely N-dealkylation sites (N-methyl/N-ethyl adjacent to an activating group) is 1. The number of hydrogen-bond acceptors (Lipinski definition) is 4. The Labute approximate surface area is 130 Å². The largest absolute Gasteiger partial charge is 0.492 e. The van der Waals surface area contributed by atoms with Crippen LogP contribution < -0.4 is 10.5 Å². The van der Waals surface area contributed by atoms with Gasteiger partial charge in [-0.2, -0.15) is 0 Å². The third-order valence-corrected chi connectivity index (χ3v) is 3.28. The number of benzene rings is 1. The van der Waals surface area contributed by atoms with E-state index in [1.165, 1.54) is 5.56 Å². The van der Waals surface area contributed by atoms with Crippen molar-refractivity contribution in [3.8, 4) is 5.75 Å². The minimum absolute atomic E-state index is 0.356. The lowest BCUT2D eigenvalue weighted by Gasteiger charge is -2.17. The Hall–Kier alpha value is -1.98. The highest BCUT2D eigenvalue weighted by Gasteiger charge is 2.06. The highest BCUT2D eigenvalue weighted by molar-refractivity contribution is 7.80. The molecule has 21 heavy (non-hydrogen) atoms. The lowest BCUT2D eigenvalue weighted by molar-refractivity contribution is 0.232. The molecule has 2 rings (SSSR count). The molecule has 0 bridgehead atoms. The van der Waals surface area contributed by atoms with Crippen molar-refractivity contribution in [3.05, 3.63) is 59.9 Å². The van der Waals surface area contributed by atoms with E-state index in [-0.39, 0.29) is 0 Å². The molecule has 5 heteroatoms. The van der Waals surface area contributed by atoms with Crippen LogP contribution in [0.3, 0.4) is 0 Å². The second-order valence-electron chi connectivity index (χ2n) is 4.81. The molecule has 2 aromatic rings. The maximum Gasteiger partial charge on any atom is 0.129 e. The highest BCUT2D eigenvalue weighted by atomic mass is 32.1. The fraction of sp³-hybridized carbons (Fsp3) is 0.250. The van der Waals surface area contributed by atoms with E-state index >= 15 is 0 Å². The van der Waals surface area contributed by atoms with E-state index in [0.29, 0.717) is 11.6 Å². The van der Waals surface area contributed by atoms with Crippen molar-refractivity contribution < 1.29 is 4.74 Å². The number of aromatic nitrogens is 1. The molecule has 0 amide bonds. The number of thiocarbonyl (C=S) groups is 1. The molecule has 0 atom stereocenters. The molecule has 0 radical (unpaired) electrons. The van der Waals surface area contributed by atoms with Gasteiger partial charge >= 0.3 is 0 Å². The van der Waals surface area contributed by atoms with Gasteiger partial charge in [-0.05, 0) is 30.8 Å². The van der Waals surface area contributed by atoms with Crippen LogP contribution in [0.15, 0.2) is 48.8 Å². The van der Waals surface area contributed by atoms with Crippen LogP contribution in [0.5, 0.6) is 5.75 Å². The number of para-hydroxylation sites is 1. The zero-order valence-electron chi connectivity index (χ0n) is 12.0. The molecule has 0 saturated heterocycles. The zero-order valence-corrected chi connectivity index (χ0v) is 12.8. The fourth-order valence-corrected chi connectivity index (χ4v) is 2.16. The standard InChI is InChI=1S/C16H19N3OS/c1-19(12-13-5-4-8-18-11-13)9-10-20-15-7-3-2-6-14(15)16(17)21/h2-8,11H,9-10,12H2,1H3,(H2,17,21). The van der Waals surface area contributed by atoms with Gasteiger partial charge in [0, 0.05) is 25.5 Å². The normalized spacial score (nSPS) is 10.6. The number of ether oxygens (including phenoxy) is 1. The molecule has 4 nitrogen and oxygen atoms in total. The summed E-state index contributed by atoms with van der Waals surface area (Å²) in [5.41, 5.74) is 7.65. The first-order valence-corrected chi connectivity index (χ1v) is 7.16. The van der Waals surface area contributed by atoms with Gasteiger partial charge in [0.25, 0.3) is 0 Å². The molecular weight excluding hydrogens is 282 g/mol. The van der Waals surface area contributed by atoms with Crippen LogP contribution in [0.25, 0.3) is 0 Å². The predicted octanol–water partition coefficient (Wildman–Crippen LogP) is 2.23. The van der Waals surface area contributed by atoms with Gasteiger partial charge in [-0.3, -0.25) is 9.88 Å². The fourth-order valence-electron chi connectivity index (χ4n) is 1.99. The van der Waals surface area contributed by atoms with Gasteiger partial charge in [0.2, 0.25) is 0 Å². The van der Waals surface area contributed by atoms with Crippen molar-refractivity contribution in [2.24, 2.45) is 5.73 Å². The van der Waals surface area contributed by atoms with Crippen molar-refractivity contribution in [1.29, 1.82) is 0 Å². The van der Waals surface area contributed by atoms with Crippen molar-refractivity contribution in [2.45, 2.75) is 6.54 Å². The summed E-state index contributed by atoms with van der Waals surface area (Å²) in [5, 5.41) is 0. The summed E-state index contributed by atoms with van der Waals surface area (Å²) in [6, 6.07) is 11.6. The number of hydrogen-bond donors (Lipinski definition) is 1. The van der Waals surface area contributed by atoms with Gasteiger partial charge in [0.15, 0.2) is 0 Å². The van der Waals surface area contributed by atoms with Crippen molar-refractivity contribution in [1.82, 2.24) is 9.88 Å². The minimum Gasteiger partial charge on any atom is -0.492 e. The van der Waals surface area contributed by atoms with E-state index in [9.17, 15) is 0 Å². The second kappa shape index (κ2) is 7.71. The Bertz CT molecular complexity index is 589. The number of pyridine rings is 1. The molecule has 1 aromatic carbocycles. The Morgan fingerprint density at radius 2 is 2.10 bits per heavy atom. The first-order valence-electron chi connectivity index (χ1n) is 6.76. The molecule has 0 unspecified atom stereocenters. The summed E-state index contributed by atoms with van der Waals surface area (Å²) in [6.07, 6.45) is 3.65. The minimum atomic E-state index is 0.356. The third kappa shape index (κ3) is 4.81. The van der Waals surface area contributed by atoms with Crippen LogP contribution in [0, 0.1) is 0 Å². The van der Waals surface area contributed by atoms with Crippen LogP contribution in [0.2, 0.25) is 0 Å². The molecular formula is C16H19N3OS. The van der Waals surface area contributed by atoms with Crippen molar-refractivity contribution >= 4 is 17.2 Å². The number of nitrogens with two attached hydrogens (primary N) is 1. The summed E-state index contributed by atoms with van der Waals surface area (Å²) in [7, 11) is 2.05. The predicted molar refractivity (Wildman–Crippen MR) is 88.4 cm³/mol. The maximum atomic E-state index is 5.78. The van der Waals surface area contributed by atoms with Crippen molar-refractivity contribution in [2.75, 3.05) is 20.2 Å². The van der Waals surface area contributed by atoms with E-state index in [2.05, 4.69) is 23.0 Å². The topological polar surface area (TPSA) is 51.4 Å². The lowest BCUT2D eigenvalue weighted by Crippen LogP contribution is -2.24. The molecule has 1 aromatic heterocycles. The molecule has 0 aliphatic carbocycles. The van der Waals surface area contributed by atoms with Gasteiger partial charge in [-0.1, -0.05) is 30.4 Å². The smallest absolute Gasteiger partial charge is 0.129 e. The van der Waals surface area contributed by atoms with Crippen LogP contribution in [-0.4, -0.2) is 35.1 Å².